The SMILES string of the molecule is CC(C)OCCCNC(=O)CCNc1ncnc2scc(-c3ccccc3)c12. The van der Waals surface area contributed by atoms with Crippen molar-refractivity contribution in [3.05, 3.63) is 42.0 Å². The van der Waals surface area contributed by atoms with E-state index in [1.807, 2.05) is 32.0 Å². The van der Waals surface area contributed by atoms with Crippen molar-refractivity contribution in [2.45, 2.75) is 32.8 Å². The highest BCUT2D eigenvalue weighted by Gasteiger charge is 2.13. The molecule has 2 aromatic heterocycles. The fourth-order valence-electron chi connectivity index (χ4n) is 2.84. The average molecular weight is 399 g/mol. The first-order valence-electron chi connectivity index (χ1n) is 9.55. The molecule has 2 heterocycles. The van der Waals surface area contributed by atoms with Crippen LogP contribution in [-0.2, 0) is 9.53 Å². The lowest BCUT2D eigenvalue weighted by molar-refractivity contribution is -0.120. The van der Waals surface area contributed by atoms with Gasteiger partial charge in [-0.25, -0.2) is 9.97 Å². The number of hydrogen-bond donors (Lipinski definition) is 2. The zero-order chi connectivity index (χ0) is 19.8. The molecule has 6 nitrogen and oxygen atoms in total. The van der Waals surface area contributed by atoms with Crippen molar-refractivity contribution in [2.24, 2.45) is 0 Å². The fourth-order valence-corrected chi connectivity index (χ4v) is 3.76. The van der Waals surface area contributed by atoms with E-state index in [4.69, 9.17) is 4.74 Å². The molecule has 3 rings (SSSR count). The number of aromatic nitrogens is 2. The zero-order valence-corrected chi connectivity index (χ0v) is 17.1. The molecular formula is C21H26N4O2S. The van der Waals surface area contributed by atoms with Crippen molar-refractivity contribution in [2.75, 3.05) is 25.0 Å². The third-order valence-corrected chi connectivity index (χ3v) is 5.08. The Hall–Kier alpha value is -2.51. The number of nitrogens with zero attached hydrogens (tertiary/aromatic N) is 2. The first-order valence-corrected chi connectivity index (χ1v) is 10.4. The molecule has 0 aliphatic rings. The molecule has 2 N–H and O–H groups in total. The summed E-state index contributed by atoms with van der Waals surface area (Å²) < 4.78 is 5.47. The van der Waals surface area contributed by atoms with Gasteiger partial charge >= 0.3 is 0 Å². The Kier molecular flexibility index (Phi) is 7.33. The van der Waals surface area contributed by atoms with E-state index in [0.717, 1.165) is 33.6 Å². The monoisotopic (exact) mass is 398 g/mol. The summed E-state index contributed by atoms with van der Waals surface area (Å²) in [6.07, 6.45) is 2.99. The van der Waals surface area contributed by atoms with Gasteiger partial charge in [0.1, 0.15) is 17.0 Å². The Labute approximate surface area is 169 Å². The number of amides is 1. The largest absolute Gasteiger partial charge is 0.379 e. The maximum Gasteiger partial charge on any atom is 0.221 e. The summed E-state index contributed by atoms with van der Waals surface area (Å²) >= 11 is 1.60. The lowest BCUT2D eigenvalue weighted by atomic mass is 10.1. The van der Waals surface area contributed by atoms with Crippen LogP contribution in [0.3, 0.4) is 0 Å². The Morgan fingerprint density at radius 1 is 1.18 bits per heavy atom. The minimum atomic E-state index is 0.0240. The highest BCUT2D eigenvalue weighted by Crippen LogP contribution is 2.36. The van der Waals surface area contributed by atoms with Crippen LogP contribution >= 0.6 is 11.3 Å². The van der Waals surface area contributed by atoms with E-state index in [-0.39, 0.29) is 12.0 Å². The van der Waals surface area contributed by atoms with Crippen LogP contribution in [0.15, 0.2) is 42.0 Å². The molecule has 0 aliphatic heterocycles. The number of rotatable bonds is 10. The average Bonchev–Trinajstić information content (AvgIpc) is 3.13. The Balaban J connectivity index is 1.55. The minimum absolute atomic E-state index is 0.0240. The van der Waals surface area contributed by atoms with Crippen molar-refractivity contribution >= 4 is 33.3 Å². The summed E-state index contributed by atoms with van der Waals surface area (Å²) in [5, 5.41) is 9.33. The second-order valence-electron chi connectivity index (χ2n) is 6.72. The molecule has 0 saturated carbocycles. The van der Waals surface area contributed by atoms with Gasteiger partial charge in [-0.15, -0.1) is 11.3 Å². The maximum atomic E-state index is 12.0. The second kappa shape index (κ2) is 10.1. The highest BCUT2D eigenvalue weighted by molar-refractivity contribution is 7.17. The van der Waals surface area contributed by atoms with Gasteiger partial charge in [0.2, 0.25) is 5.91 Å². The Morgan fingerprint density at radius 3 is 2.79 bits per heavy atom. The standard InChI is InChI=1S/C21H26N4O2S/c1-15(2)27-12-6-10-22-18(26)9-11-23-20-19-17(16-7-4-3-5-8-16)13-28-21(19)25-14-24-20/h3-5,7-8,13-15H,6,9-12H2,1-2H3,(H,22,26)(H,23,24,25). The molecule has 7 heteroatoms. The summed E-state index contributed by atoms with van der Waals surface area (Å²) in [7, 11) is 0. The first kappa shape index (κ1) is 20.2. The first-order chi connectivity index (χ1) is 13.6. The van der Waals surface area contributed by atoms with Crippen LogP contribution in [0.5, 0.6) is 0 Å². The molecule has 0 fully saturated rings. The van der Waals surface area contributed by atoms with Gasteiger partial charge in [0.25, 0.3) is 0 Å². The molecule has 0 bridgehead atoms. The van der Waals surface area contributed by atoms with Gasteiger partial charge in [-0.3, -0.25) is 4.79 Å². The van der Waals surface area contributed by atoms with Gasteiger partial charge in [-0.05, 0) is 25.8 Å². The molecule has 0 unspecified atom stereocenters. The molecule has 0 aliphatic carbocycles. The van der Waals surface area contributed by atoms with E-state index < -0.39 is 0 Å². The topological polar surface area (TPSA) is 76.1 Å². The van der Waals surface area contributed by atoms with Gasteiger partial charge in [0.05, 0.1) is 11.5 Å². The third-order valence-electron chi connectivity index (χ3n) is 4.19. The number of nitrogens with one attached hydrogen (secondary N) is 2. The van der Waals surface area contributed by atoms with E-state index in [1.54, 1.807) is 17.7 Å². The summed E-state index contributed by atoms with van der Waals surface area (Å²) in [6.45, 7) is 5.82. The lowest BCUT2D eigenvalue weighted by Crippen LogP contribution is -2.27. The minimum Gasteiger partial charge on any atom is -0.379 e. The number of ether oxygens (including phenoxy) is 1. The van der Waals surface area contributed by atoms with Crippen molar-refractivity contribution < 1.29 is 9.53 Å². The van der Waals surface area contributed by atoms with Crippen LogP contribution in [0.2, 0.25) is 0 Å². The fraction of sp³-hybridized carbons (Fsp3) is 0.381. The number of benzene rings is 1. The molecular weight excluding hydrogens is 372 g/mol. The van der Waals surface area contributed by atoms with E-state index in [2.05, 4.69) is 38.1 Å². The highest BCUT2D eigenvalue weighted by atomic mass is 32.1. The predicted octanol–water partition coefficient (Wildman–Crippen LogP) is 4.09. The van der Waals surface area contributed by atoms with Crippen molar-refractivity contribution in [3.63, 3.8) is 0 Å². The van der Waals surface area contributed by atoms with Gasteiger partial charge < -0.3 is 15.4 Å². The zero-order valence-electron chi connectivity index (χ0n) is 16.3. The summed E-state index contributed by atoms with van der Waals surface area (Å²) in [6, 6.07) is 10.2. The van der Waals surface area contributed by atoms with Crippen LogP contribution in [0, 0.1) is 0 Å². The molecule has 0 spiro atoms. The number of carbonyl (C=O) groups is 1. The van der Waals surface area contributed by atoms with Crippen LogP contribution in [0.4, 0.5) is 5.82 Å². The van der Waals surface area contributed by atoms with E-state index >= 15 is 0 Å². The van der Waals surface area contributed by atoms with Gasteiger partial charge in [-0.2, -0.15) is 0 Å². The van der Waals surface area contributed by atoms with Crippen LogP contribution in [-0.4, -0.2) is 41.7 Å². The van der Waals surface area contributed by atoms with Crippen LogP contribution in [0.25, 0.3) is 21.3 Å². The van der Waals surface area contributed by atoms with Crippen molar-refractivity contribution in [1.82, 2.24) is 15.3 Å². The quantitative estimate of drug-likeness (QED) is 0.503. The number of carbonyl (C=O) groups excluding carboxylic acids is 1. The van der Waals surface area contributed by atoms with E-state index in [0.29, 0.717) is 26.1 Å². The molecule has 0 saturated heterocycles. The smallest absolute Gasteiger partial charge is 0.221 e. The molecule has 3 aromatic rings. The van der Waals surface area contributed by atoms with Crippen molar-refractivity contribution in [3.8, 4) is 11.1 Å². The second-order valence-corrected chi connectivity index (χ2v) is 7.58. The summed E-state index contributed by atoms with van der Waals surface area (Å²) in [5.41, 5.74) is 2.24. The maximum absolute atomic E-state index is 12.0. The molecule has 148 valence electrons. The molecule has 1 aromatic carbocycles. The number of hydrogen-bond acceptors (Lipinski definition) is 6. The third kappa shape index (κ3) is 5.50. The van der Waals surface area contributed by atoms with Gasteiger partial charge in [0.15, 0.2) is 0 Å². The molecule has 0 radical (unpaired) electrons. The number of fused-ring (bicyclic) bond motifs is 1. The van der Waals surface area contributed by atoms with Gasteiger partial charge in [-0.1, -0.05) is 30.3 Å². The van der Waals surface area contributed by atoms with Crippen LogP contribution in [0.1, 0.15) is 26.7 Å². The Morgan fingerprint density at radius 2 is 2.00 bits per heavy atom. The van der Waals surface area contributed by atoms with Gasteiger partial charge in [0, 0.05) is 37.1 Å². The summed E-state index contributed by atoms with van der Waals surface area (Å²) in [5.74, 6) is 0.791. The van der Waals surface area contributed by atoms with Crippen molar-refractivity contribution in [1.29, 1.82) is 0 Å². The summed E-state index contributed by atoms with van der Waals surface area (Å²) in [4.78, 5) is 21.7. The Bertz CT molecular complexity index is 896. The predicted molar refractivity (Wildman–Crippen MR) is 115 cm³/mol. The molecule has 28 heavy (non-hydrogen) atoms. The molecule has 1 amide bonds. The van der Waals surface area contributed by atoms with E-state index in [9.17, 15) is 4.79 Å². The number of thiophene rings is 1. The normalized spacial score (nSPS) is 11.1. The van der Waals surface area contributed by atoms with Crippen LogP contribution < -0.4 is 10.6 Å². The molecule has 0 atom stereocenters. The van der Waals surface area contributed by atoms with E-state index in [1.165, 1.54) is 0 Å². The lowest BCUT2D eigenvalue weighted by Gasteiger charge is -2.10. The number of anilines is 1.